The van der Waals surface area contributed by atoms with Gasteiger partial charge < -0.3 is 10.3 Å². The highest BCUT2D eigenvalue weighted by molar-refractivity contribution is 6.01. The van der Waals surface area contributed by atoms with Crippen LogP contribution < -0.4 is 4.90 Å². The highest BCUT2D eigenvalue weighted by atomic mass is 15.2. The Morgan fingerprint density at radius 1 is 1.07 bits per heavy atom. The van der Waals surface area contributed by atoms with E-state index in [2.05, 4.69) is 70.2 Å². The SMILES string of the molecule is CC(C)c1ccc([C@H]2C(C#N)C(=N)C(C#N)(C#N)C3=CC[NH+](C(C)C)C[C@H]32)cc1. The second-order valence-electron chi connectivity index (χ2n) is 8.83. The lowest BCUT2D eigenvalue weighted by molar-refractivity contribution is -0.920. The molecule has 1 saturated carbocycles. The summed E-state index contributed by atoms with van der Waals surface area (Å²) in [6, 6.07) is 15.2. The van der Waals surface area contributed by atoms with E-state index < -0.39 is 11.3 Å². The molecule has 4 atom stereocenters. The summed E-state index contributed by atoms with van der Waals surface area (Å²) in [5.74, 6) is -0.697. The van der Waals surface area contributed by atoms with E-state index in [0.29, 0.717) is 12.0 Å². The van der Waals surface area contributed by atoms with Crippen molar-refractivity contribution in [2.75, 3.05) is 13.1 Å². The van der Waals surface area contributed by atoms with E-state index in [1.165, 1.54) is 10.5 Å². The molecule has 2 unspecified atom stereocenters. The molecule has 1 aromatic carbocycles. The molecular formula is C24H28N5+. The Kier molecular flexibility index (Phi) is 5.61. The summed E-state index contributed by atoms with van der Waals surface area (Å²) in [5, 5.41) is 38.5. The van der Waals surface area contributed by atoms with Crippen molar-refractivity contribution < 1.29 is 4.90 Å². The van der Waals surface area contributed by atoms with Gasteiger partial charge >= 0.3 is 0 Å². The molecule has 0 spiro atoms. The Bertz CT molecular complexity index is 935. The van der Waals surface area contributed by atoms with Gasteiger partial charge in [-0.3, -0.25) is 0 Å². The summed E-state index contributed by atoms with van der Waals surface area (Å²) >= 11 is 0. The molecule has 148 valence electrons. The van der Waals surface area contributed by atoms with Crippen molar-refractivity contribution in [3.63, 3.8) is 0 Å². The zero-order chi connectivity index (χ0) is 21.3. The molecule has 1 aliphatic heterocycles. The van der Waals surface area contributed by atoms with Crippen LogP contribution in [0.5, 0.6) is 0 Å². The van der Waals surface area contributed by atoms with Gasteiger partial charge in [0, 0.05) is 11.8 Å². The van der Waals surface area contributed by atoms with E-state index in [4.69, 9.17) is 5.41 Å². The second-order valence-corrected chi connectivity index (χ2v) is 8.83. The molecule has 1 aromatic rings. The van der Waals surface area contributed by atoms with Gasteiger partial charge in [0.2, 0.25) is 5.41 Å². The lowest BCUT2D eigenvalue weighted by Gasteiger charge is -2.46. The summed E-state index contributed by atoms with van der Waals surface area (Å²) in [6.45, 7) is 10.1. The lowest BCUT2D eigenvalue weighted by atomic mass is 9.55. The summed E-state index contributed by atoms with van der Waals surface area (Å²) in [5.41, 5.74) is 1.27. The molecule has 0 amide bonds. The molecule has 1 aliphatic carbocycles. The van der Waals surface area contributed by atoms with Crippen LogP contribution in [0.3, 0.4) is 0 Å². The molecule has 0 aromatic heterocycles. The van der Waals surface area contributed by atoms with Crippen LogP contribution in [-0.4, -0.2) is 24.8 Å². The van der Waals surface area contributed by atoms with Crippen LogP contribution in [0.4, 0.5) is 0 Å². The number of hydrogen-bond donors (Lipinski definition) is 2. The standard InChI is InChI=1S/C24H27N5/c1-15(2)17-5-7-18(8-6-17)22-19(11-25)23(28)24(13-26,14-27)21-9-10-29(16(3)4)12-20(21)22/h5-9,15-16,19-20,22,28H,10,12H2,1-4H3/p+1/t19?,20-,22+/m1/s1. The van der Waals surface area contributed by atoms with E-state index in [1.807, 2.05) is 6.08 Å². The van der Waals surface area contributed by atoms with E-state index >= 15 is 0 Å². The van der Waals surface area contributed by atoms with Gasteiger partial charge in [-0.05, 0) is 42.5 Å². The minimum Gasteiger partial charge on any atom is -0.329 e. The van der Waals surface area contributed by atoms with Gasteiger partial charge in [0.05, 0.1) is 49.0 Å². The molecule has 3 rings (SSSR count). The molecule has 0 radical (unpaired) electrons. The minimum atomic E-state index is -1.62. The number of nitrogens with one attached hydrogen (secondary N) is 2. The molecule has 5 heteroatoms. The maximum absolute atomic E-state index is 9.99. The molecule has 2 aliphatic rings. The number of hydrogen-bond acceptors (Lipinski definition) is 4. The third-order valence-corrected chi connectivity index (χ3v) is 6.69. The first kappa shape index (κ1) is 20.8. The van der Waals surface area contributed by atoms with Crippen molar-refractivity contribution >= 4 is 5.71 Å². The Balaban J connectivity index is 2.17. The van der Waals surface area contributed by atoms with Crippen LogP contribution >= 0.6 is 0 Å². The highest BCUT2D eigenvalue weighted by Crippen LogP contribution is 2.51. The maximum atomic E-state index is 9.99. The van der Waals surface area contributed by atoms with Crippen LogP contribution in [0.1, 0.15) is 50.7 Å². The first-order valence-corrected chi connectivity index (χ1v) is 10.3. The predicted octanol–water partition coefficient (Wildman–Crippen LogP) is 2.95. The fourth-order valence-corrected chi connectivity index (χ4v) is 4.84. The average Bonchev–Trinajstić information content (AvgIpc) is 2.73. The molecule has 29 heavy (non-hydrogen) atoms. The zero-order valence-electron chi connectivity index (χ0n) is 17.5. The van der Waals surface area contributed by atoms with Crippen molar-refractivity contribution in [3.8, 4) is 18.2 Å². The third-order valence-electron chi connectivity index (χ3n) is 6.69. The lowest BCUT2D eigenvalue weighted by Crippen LogP contribution is -3.16. The molecule has 1 fully saturated rings. The largest absolute Gasteiger partial charge is 0.329 e. The fraction of sp³-hybridized carbons (Fsp3) is 0.500. The minimum absolute atomic E-state index is 0.0709. The summed E-state index contributed by atoms with van der Waals surface area (Å²) in [4.78, 5) is 1.37. The van der Waals surface area contributed by atoms with Gasteiger partial charge in [-0.25, -0.2) is 0 Å². The van der Waals surface area contributed by atoms with Crippen LogP contribution in [-0.2, 0) is 0 Å². The summed E-state index contributed by atoms with van der Waals surface area (Å²) in [6.07, 6.45) is 1.99. The number of nitriles is 3. The molecule has 0 bridgehead atoms. The van der Waals surface area contributed by atoms with E-state index in [1.54, 1.807) is 0 Å². The van der Waals surface area contributed by atoms with Gasteiger partial charge in [0.1, 0.15) is 0 Å². The Morgan fingerprint density at radius 2 is 1.69 bits per heavy atom. The van der Waals surface area contributed by atoms with Crippen molar-refractivity contribution in [1.82, 2.24) is 0 Å². The van der Waals surface area contributed by atoms with Gasteiger partial charge in [0.25, 0.3) is 0 Å². The Morgan fingerprint density at radius 3 is 2.17 bits per heavy atom. The number of benzene rings is 1. The van der Waals surface area contributed by atoms with Crippen molar-refractivity contribution in [2.24, 2.45) is 17.3 Å². The van der Waals surface area contributed by atoms with Gasteiger partial charge in [-0.1, -0.05) is 38.1 Å². The van der Waals surface area contributed by atoms with Crippen molar-refractivity contribution in [3.05, 3.63) is 47.0 Å². The molecule has 2 N–H and O–H groups in total. The van der Waals surface area contributed by atoms with Crippen LogP contribution in [0.25, 0.3) is 0 Å². The van der Waals surface area contributed by atoms with E-state index in [0.717, 1.165) is 24.2 Å². The first-order chi connectivity index (χ1) is 13.8. The number of quaternary nitrogens is 1. The van der Waals surface area contributed by atoms with Gasteiger partial charge in [0.15, 0.2) is 0 Å². The molecule has 1 heterocycles. The van der Waals surface area contributed by atoms with Gasteiger partial charge in [-0.2, -0.15) is 15.8 Å². The topological polar surface area (TPSA) is 99.7 Å². The Labute approximate surface area is 173 Å². The summed E-state index contributed by atoms with van der Waals surface area (Å²) in [7, 11) is 0. The number of nitrogens with zero attached hydrogens (tertiary/aromatic N) is 3. The molecule has 0 saturated heterocycles. The normalized spacial score (nSPS) is 28.1. The van der Waals surface area contributed by atoms with Crippen molar-refractivity contribution in [1.29, 1.82) is 21.2 Å². The third kappa shape index (κ3) is 3.25. The smallest absolute Gasteiger partial charge is 0.203 e. The summed E-state index contributed by atoms with van der Waals surface area (Å²) < 4.78 is 0. The molecular weight excluding hydrogens is 358 g/mol. The number of rotatable bonds is 3. The fourth-order valence-electron chi connectivity index (χ4n) is 4.84. The van der Waals surface area contributed by atoms with Crippen molar-refractivity contribution in [2.45, 2.75) is 45.6 Å². The van der Waals surface area contributed by atoms with Crippen LogP contribution in [0, 0.1) is 56.7 Å². The Hall–Kier alpha value is -2.94. The van der Waals surface area contributed by atoms with E-state index in [-0.39, 0.29) is 17.5 Å². The zero-order valence-corrected chi connectivity index (χ0v) is 17.5. The quantitative estimate of drug-likeness (QED) is 0.781. The van der Waals surface area contributed by atoms with Gasteiger partial charge in [-0.15, -0.1) is 0 Å². The number of fused-ring (bicyclic) bond motifs is 1. The molecule has 5 nitrogen and oxygen atoms in total. The predicted molar refractivity (Wildman–Crippen MR) is 111 cm³/mol. The van der Waals surface area contributed by atoms with Crippen LogP contribution in [0.2, 0.25) is 0 Å². The van der Waals surface area contributed by atoms with Crippen LogP contribution in [0.15, 0.2) is 35.9 Å². The highest BCUT2D eigenvalue weighted by Gasteiger charge is 2.57. The average molecular weight is 387 g/mol. The first-order valence-electron chi connectivity index (χ1n) is 10.3. The monoisotopic (exact) mass is 386 g/mol. The maximum Gasteiger partial charge on any atom is 0.203 e. The van der Waals surface area contributed by atoms with E-state index in [9.17, 15) is 15.8 Å². The second kappa shape index (κ2) is 7.82.